The van der Waals surface area contributed by atoms with Crippen molar-refractivity contribution in [3.05, 3.63) is 66.6 Å². The second-order valence-electron chi connectivity index (χ2n) is 6.28. The smallest absolute Gasteiger partial charge is 0.268 e. The van der Waals surface area contributed by atoms with Crippen LogP contribution in [0.4, 0.5) is 11.4 Å². The molecule has 0 spiro atoms. The van der Waals surface area contributed by atoms with E-state index < -0.39 is 0 Å². The second kappa shape index (κ2) is 6.99. The summed E-state index contributed by atoms with van der Waals surface area (Å²) in [4.78, 5) is 40.3. The lowest BCUT2D eigenvalue weighted by atomic mass is 10.1. The van der Waals surface area contributed by atoms with E-state index in [1.807, 2.05) is 16.7 Å². The zero-order valence-corrected chi connectivity index (χ0v) is 14.9. The van der Waals surface area contributed by atoms with E-state index >= 15 is 0 Å². The molecule has 1 aliphatic rings. The maximum absolute atomic E-state index is 12.8. The molecular formula is C20H17N5O3. The summed E-state index contributed by atoms with van der Waals surface area (Å²) in [7, 11) is 0. The molecule has 0 atom stereocenters. The Kier molecular flexibility index (Phi) is 4.36. The number of rotatable bonds is 4. The number of hydrogen-bond acceptors (Lipinski definition) is 4. The highest BCUT2D eigenvalue weighted by Crippen LogP contribution is 2.25. The van der Waals surface area contributed by atoms with Crippen molar-refractivity contribution < 1.29 is 14.4 Å². The van der Waals surface area contributed by atoms with Gasteiger partial charge >= 0.3 is 0 Å². The number of benzene rings is 1. The van der Waals surface area contributed by atoms with Crippen LogP contribution in [0, 0.1) is 0 Å². The quantitative estimate of drug-likeness (QED) is 0.608. The van der Waals surface area contributed by atoms with Gasteiger partial charge in [0, 0.05) is 35.8 Å². The van der Waals surface area contributed by atoms with Gasteiger partial charge in [-0.25, -0.2) is 0 Å². The van der Waals surface area contributed by atoms with Gasteiger partial charge in [0.15, 0.2) is 0 Å². The number of nitrogens with zero attached hydrogens (tertiary/aromatic N) is 2. The zero-order chi connectivity index (χ0) is 19.7. The van der Waals surface area contributed by atoms with Gasteiger partial charge in [0.05, 0.1) is 17.6 Å². The number of anilines is 2. The third kappa shape index (κ3) is 3.11. The van der Waals surface area contributed by atoms with Crippen molar-refractivity contribution in [3.8, 4) is 0 Å². The molecule has 0 radical (unpaired) electrons. The van der Waals surface area contributed by atoms with E-state index in [1.54, 1.807) is 18.2 Å². The van der Waals surface area contributed by atoms with Gasteiger partial charge in [-0.05, 0) is 30.3 Å². The summed E-state index contributed by atoms with van der Waals surface area (Å²) >= 11 is 0. The van der Waals surface area contributed by atoms with Gasteiger partial charge in [0.25, 0.3) is 11.8 Å². The Labute approximate surface area is 160 Å². The summed E-state index contributed by atoms with van der Waals surface area (Å²) in [6.07, 6.45) is 4.11. The molecule has 0 saturated heterocycles. The van der Waals surface area contributed by atoms with Gasteiger partial charge in [-0.2, -0.15) is 0 Å². The molecule has 3 amide bonds. The topological polar surface area (TPSA) is 105 Å². The summed E-state index contributed by atoms with van der Waals surface area (Å²) in [6, 6.07) is 8.66. The van der Waals surface area contributed by atoms with Crippen molar-refractivity contribution in [1.82, 2.24) is 14.9 Å². The summed E-state index contributed by atoms with van der Waals surface area (Å²) < 4.78 is 1.91. The first kappa shape index (κ1) is 17.5. The number of hydrogen-bond donors (Lipinski definition) is 3. The van der Waals surface area contributed by atoms with E-state index in [4.69, 9.17) is 0 Å². The lowest BCUT2D eigenvalue weighted by Crippen LogP contribution is -2.34. The predicted octanol–water partition coefficient (Wildman–Crippen LogP) is 2.16. The minimum Gasteiger partial charge on any atom is -0.349 e. The lowest BCUT2D eigenvalue weighted by Gasteiger charge is -2.16. The summed E-state index contributed by atoms with van der Waals surface area (Å²) in [6.45, 7) is 4.61. The molecule has 4 rings (SSSR count). The molecule has 3 heterocycles. The average Bonchev–Trinajstić information content (AvgIpc) is 3.08. The zero-order valence-electron chi connectivity index (χ0n) is 14.9. The Bertz CT molecular complexity index is 1130. The molecule has 8 heteroatoms. The first-order valence-corrected chi connectivity index (χ1v) is 8.67. The Balaban J connectivity index is 1.64. The van der Waals surface area contributed by atoms with Crippen molar-refractivity contribution >= 4 is 40.0 Å². The summed E-state index contributed by atoms with van der Waals surface area (Å²) in [5, 5.41) is 9.09. The van der Waals surface area contributed by atoms with Crippen LogP contribution in [-0.2, 0) is 11.3 Å². The van der Waals surface area contributed by atoms with Crippen LogP contribution in [0.15, 0.2) is 55.4 Å². The van der Waals surface area contributed by atoms with Crippen LogP contribution in [0.5, 0.6) is 0 Å². The number of amides is 3. The van der Waals surface area contributed by atoms with Crippen molar-refractivity contribution in [2.45, 2.75) is 6.54 Å². The van der Waals surface area contributed by atoms with Crippen LogP contribution in [0.25, 0.3) is 10.9 Å². The fourth-order valence-electron chi connectivity index (χ4n) is 3.18. The maximum Gasteiger partial charge on any atom is 0.268 e. The first-order valence-electron chi connectivity index (χ1n) is 8.67. The van der Waals surface area contributed by atoms with Crippen molar-refractivity contribution in [2.24, 2.45) is 0 Å². The van der Waals surface area contributed by atoms with E-state index in [9.17, 15) is 14.4 Å². The molecule has 28 heavy (non-hydrogen) atoms. The molecule has 8 nitrogen and oxygen atoms in total. The van der Waals surface area contributed by atoms with E-state index in [1.165, 1.54) is 12.4 Å². The fraction of sp³-hybridized carbons (Fsp3) is 0.100. The molecule has 1 aromatic carbocycles. The van der Waals surface area contributed by atoms with Crippen molar-refractivity contribution in [2.75, 3.05) is 17.2 Å². The number of nitrogens with one attached hydrogen (secondary N) is 3. The Hall–Kier alpha value is -3.94. The normalized spacial score (nSPS) is 12.8. The van der Waals surface area contributed by atoms with Crippen molar-refractivity contribution in [3.63, 3.8) is 0 Å². The van der Waals surface area contributed by atoms with Gasteiger partial charge in [0.1, 0.15) is 5.69 Å². The predicted molar refractivity (Wildman–Crippen MR) is 105 cm³/mol. The van der Waals surface area contributed by atoms with Gasteiger partial charge in [0.2, 0.25) is 5.91 Å². The highest BCUT2D eigenvalue weighted by atomic mass is 16.2. The van der Waals surface area contributed by atoms with Crippen LogP contribution < -0.4 is 16.0 Å². The first-order chi connectivity index (χ1) is 13.6. The molecule has 3 aromatic rings. The third-order valence-corrected chi connectivity index (χ3v) is 4.53. The number of carbonyl (C=O) groups excluding carboxylic acids is 3. The highest BCUT2D eigenvalue weighted by Gasteiger charge is 2.20. The molecule has 0 aliphatic carbocycles. The molecule has 3 N–H and O–H groups in total. The molecular weight excluding hydrogens is 358 g/mol. The third-order valence-electron chi connectivity index (χ3n) is 4.53. The van der Waals surface area contributed by atoms with Gasteiger partial charge < -0.3 is 20.5 Å². The van der Waals surface area contributed by atoms with Gasteiger partial charge in [-0.1, -0.05) is 12.6 Å². The van der Waals surface area contributed by atoms with Crippen molar-refractivity contribution in [1.29, 1.82) is 0 Å². The highest BCUT2D eigenvalue weighted by molar-refractivity contribution is 6.10. The standard InChI is InChI=1S/C20H17N5O3/c1-2-18(26)23-14-5-6-21-11-15(14)24-19(27)13-4-3-12-9-17-20(28)22-7-8-25(17)16(12)10-13/h2-6,9-11H,1,7-8H2,(H,22,28)(H,24,27)(H,21,23,26). The monoisotopic (exact) mass is 375 g/mol. The summed E-state index contributed by atoms with van der Waals surface area (Å²) in [5.41, 5.74) is 2.64. The van der Waals surface area contributed by atoms with E-state index in [2.05, 4.69) is 27.5 Å². The van der Waals surface area contributed by atoms with Crippen LogP contribution in [0.2, 0.25) is 0 Å². The molecule has 140 valence electrons. The molecule has 0 saturated carbocycles. The van der Waals surface area contributed by atoms with Crippen LogP contribution >= 0.6 is 0 Å². The molecule has 0 unspecified atom stereocenters. The number of pyridine rings is 1. The Morgan fingerprint density at radius 1 is 1.18 bits per heavy atom. The van der Waals surface area contributed by atoms with Crippen LogP contribution in [-0.4, -0.2) is 33.8 Å². The van der Waals surface area contributed by atoms with Gasteiger partial charge in [-0.15, -0.1) is 0 Å². The molecule has 2 aromatic heterocycles. The SMILES string of the molecule is C=CC(=O)Nc1ccncc1NC(=O)c1ccc2cc3n(c2c1)CCNC3=O. The van der Waals surface area contributed by atoms with E-state index in [0.717, 1.165) is 17.0 Å². The van der Waals surface area contributed by atoms with Crippen LogP contribution in [0.1, 0.15) is 20.8 Å². The summed E-state index contributed by atoms with van der Waals surface area (Å²) in [5.74, 6) is -0.854. The number of carbonyl (C=O) groups is 3. The second-order valence-corrected chi connectivity index (χ2v) is 6.28. The lowest BCUT2D eigenvalue weighted by molar-refractivity contribution is -0.111. The average molecular weight is 375 g/mol. The van der Waals surface area contributed by atoms with Gasteiger partial charge in [-0.3, -0.25) is 19.4 Å². The van der Waals surface area contributed by atoms with E-state index in [-0.39, 0.29) is 17.7 Å². The molecule has 0 bridgehead atoms. The Morgan fingerprint density at radius 3 is 2.86 bits per heavy atom. The number of fused-ring (bicyclic) bond motifs is 3. The maximum atomic E-state index is 12.8. The largest absolute Gasteiger partial charge is 0.349 e. The minimum absolute atomic E-state index is 0.119. The molecule has 0 fully saturated rings. The fourth-order valence-corrected chi connectivity index (χ4v) is 3.18. The van der Waals surface area contributed by atoms with Crippen LogP contribution in [0.3, 0.4) is 0 Å². The minimum atomic E-state index is -0.388. The Morgan fingerprint density at radius 2 is 2.04 bits per heavy atom. The van der Waals surface area contributed by atoms with E-state index in [0.29, 0.717) is 35.7 Å². The molecule has 1 aliphatic heterocycles. The number of aromatic nitrogens is 2.